The smallest absolute Gasteiger partial charge is 0.253 e. The largest absolute Gasteiger partial charge is 0.379 e. The van der Waals surface area contributed by atoms with E-state index in [2.05, 4.69) is 17.1 Å². The highest BCUT2D eigenvalue weighted by Gasteiger charge is 2.33. The van der Waals surface area contributed by atoms with Gasteiger partial charge in [0, 0.05) is 36.6 Å². The number of fused-ring (bicyclic) bond motifs is 1. The maximum Gasteiger partial charge on any atom is 0.253 e. The molecule has 6 nitrogen and oxygen atoms in total. The lowest BCUT2D eigenvalue weighted by molar-refractivity contribution is -0.119. The Balaban J connectivity index is 1.74. The molecular formula is C19H27N3O3S. The number of carbonyl (C=O) groups excluding carboxylic acids is 2. The van der Waals surface area contributed by atoms with Crippen molar-refractivity contribution in [3.63, 3.8) is 0 Å². The lowest BCUT2D eigenvalue weighted by Gasteiger charge is -2.35. The molecule has 2 aliphatic rings. The number of carbonyl (C=O) groups is 2. The fourth-order valence-electron chi connectivity index (χ4n) is 3.22. The summed E-state index contributed by atoms with van der Waals surface area (Å²) in [6.07, 6.45) is 2.06. The number of thioether (sulfide) groups is 1. The standard InChI is InChI=1S/C19H27N3O3S/c1-3-5-8-21(4-2)18(24)14-6-7-16-15(13-14)20-17(23)19(26-16)22-9-11-25-12-10-22/h6-7,13,19H,3-5,8-12H2,1-2H3,(H,20,23). The van der Waals surface area contributed by atoms with Crippen LogP contribution in [0.25, 0.3) is 0 Å². The number of nitrogens with one attached hydrogen (secondary N) is 1. The molecule has 1 saturated heterocycles. The Morgan fingerprint density at radius 2 is 2.12 bits per heavy atom. The van der Waals surface area contributed by atoms with Crippen LogP contribution in [0.15, 0.2) is 23.1 Å². The predicted octanol–water partition coefficient (Wildman–Crippen LogP) is 2.65. The second-order valence-electron chi connectivity index (χ2n) is 6.56. The Bertz CT molecular complexity index is 661. The Morgan fingerprint density at radius 1 is 1.35 bits per heavy atom. The molecule has 0 bridgehead atoms. The second-order valence-corrected chi connectivity index (χ2v) is 7.68. The zero-order valence-electron chi connectivity index (χ0n) is 15.5. The third kappa shape index (κ3) is 4.22. The van der Waals surface area contributed by atoms with Crippen molar-refractivity contribution in [2.24, 2.45) is 0 Å². The molecule has 0 aromatic heterocycles. The average Bonchev–Trinajstić information content (AvgIpc) is 2.68. The normalized spacial score (nSPS) is 20.4. The Kier molecular flexibility index (Phi) is 6.56. The van der Waals surface area contributed by atoms with Gasteiger partial charge >= 0.3 is 0 Å². The summed E-state index contributed by atoms with van der Waals surface area (Å²) in [5.74, 6) is 0.00521. The first-order valence-electron chi connectivity index (χ1n) is 9.36. The van der Waals surface area contributed by atoms with Gasteiger partial charge in [-0.15, -0.1) is 0 Å². The lowest BCUT2D eigenvalue weighted by Crippen LogP contribution is -2.48. The molecule has 0 aliphatic carbocycles. The van der Waals surface area contributed by atoms with Crippen LogP contribution in [0.2, 0.25) is 0 Å². The molecule has 2 amide bonds. The Morgan fingerprint density at radius 3 is 2.81 bits per heavy atom. The van der Waals surface area contributed by atoms with Gasteiger partial charge in [-0.25, -0.2) is 0 Å². The summed E-state index contributed by atoms with van der Waals surface area (Å²) in [5.41, 5.74) is 1.37. The van der Waals surface area contributed by atoms with Crippen LogP contribution in [0.3, 0.4) is 0 Å². The molecule has 7 heteroatoms. The molecule has 1 unspecified atom stereocenters. The zero-order chi connectivity index (χ0) is 18.5. The summed E-state index contributed by atoms with van der Waals surface area (Å²) in [6.45, 7) is 8.43. The van der Waals surface area contributed by atoms with Gasteiger partial charge in [-0.05, 0) is 31.5 Å². The minimum absolute atomic E-state index is 0.0210. The van der Waals surface area contributed by atoms with E-state index >= 15 is 0 Å². The maximum atomic E-state index is 12.7. The number of benzene rings is 1. The van der Waals surface area contributed by atoms with Gasteiger partial charge in [0.25, 0.3) is 11.8 Å². The number of rotatable bonds is 6. The van der Waals surface area contributed by atoms with E-state index in [0.29, 0.717) is 25.3 Å². The summed E-state index contributed by atoms with van der Waals surface area (Å²) >= 11 is 1.55. The highest BCUT2D eigenvalue weighted by molar-refractivity contribution is 8.00. The van der Waals surface area contributed by atoms with Gasteiger partial charge in [0.05, 0.1) is 18.9 Å². The van der Waals surface area contributed by atoms with Crippen molar-refractivity contribution in [1.82, 2.24) is 9.80 Å². The van der Waals surface area contributed by atoms with E-state index in [1.807, 2.05) is 30.0 Å². The molecule has 3 rings (SSSR count). The number of morpholine rings is 1. The summed E-state index contributed by atoms with van der Waals surface area (Å²) in [6, 6.07) is 5.64. The van der Waals surface area contributed by atoms with E-state index in [1.54, 1.807) is 11.8 Å². The van der Waals surface area contributed by atoms with E-state index in [1.165, 1.54) is 0 Å². The van der Waals surface area contributed by atoms with Crippen LogP contribution in [0.4, 0.5) is 5.69 Å². The number of amides is 2. The van der Waals surface area contributed by atoms with E-state index in [-0.39, 0.29) is 17.2 Å². The van der Waals surface area contributed by atoms with Crippen LogP contribution in [0, 0.1) is 0 Å². The Hall–Kier alpha value is -1.57. The van der Waals surface area contributed by atoms with Gasteiger partial charge in [-0.2, -0.15) is 0 Å². The van der Waals surface area contributed by atoms with Crippen molar-refractivity contribution >= 4 is 29.3 Å². The average molecular weight is 378 g/mol. The predicted molar refractivity (Wildman–Crippen MR) is 104 cm³/mol. The number of hydrogen-bond acceptors (Lipinski definition) is 5. The third-order valence-corrected chi connectivity index (χ3v) is 6.12. The van der Waals surface area contributed by atoms with Crippen LogP contribution in [-0.2, 0) is 9.53 Å². The minimum Gasteiger partial charge on any atom is -0.379 e. The summed E-state index contributed by atoms with van der Waals surface area (Å²) in [7, 11) is 0. The molecule has 0 spiro atoms. The van der Waals surface area contributed by atoms with Crippen molar-refractivity contribution < 1.29 is 14.3 Å². The monoisotopic (exact) mass is 377 g/mol. The topological polar surface area (TPSA) is 61.9 Å². The number of anilines is 1. The summed E-state index contributed by atoms with van der Waals surface area (Å²) in [5, 5.41) is 2.76. The van der Waals surface area contributed by atoms with Gasteiger partial charge in [0.1, 0.15) is 5.37 Å². The molecular weight excluding hydrogens is 350 g/mol. The molecule has 1 fully saturated rings. The number of hydrogen-bond donors (Lipinski definition) is 1. The minimum atomic E-state index is -0.232. The van der Waals surface area contributed by atoms with Crippen molar-refractivity contribution in [3.05, 3.63) is 23.8 Å². The zero-order valence-corrected chi connectivity index (χ0v) is 16.3. The van der Waals surface area contributed by atoms with Crippen LogP contribution < -0.4 is 5.32 Å². The van der Waals surface area contributed by atoms with Gasteiger partial charge in [-0.3, -0.25) is 14.5 Å². The summed E-state index contributed by atoms with van der Waals surface area (Å²) in [4.78, 5) is 30.3. The second kappa shape index (κ2) is 8.88. The van der Waals surface area contributed by atoms with Gasteiger partial charge in [0.15, 0.2) is 0 Å². The van der Waals surface area contributed by atoms with Gasteiger partial charge < -0.3 is 15.0 Å². The molecule has 1 atom stereocenters. The van der Waals surface area contributed by atoms with E-state index in [9.17, 15) is 9.59 Å². The van der Waals surface area contributed by atoms with Gasteiger partial charge in [-0.1, -0.05) is 25.1 Å². The number of unbranched alkanes of at least 4 members (excludes halogenated alkanes) is 1. The molecule has 0 saturated carbocycles. The lowest BCUT2D eigenvalue weighted by atomic mass is 10.1. The van der Waals surface area contributed by atoms with Crippen LogP contribution in [0.5, 0.6) is 0 Å². The first-order chi connectivity index (χ1) is 12.6. The molecule has 2 heterocycles. The maximum absolute atomic E-state index is 12.7. The van der Waals surface area contributed by atoms with Gasteiger partial charge in [0.2, 0.25) is 0 Å². The summed E-state index contributed by atoms with van der Waals surface area (Å²) < 4.78 is 5.37. The quantitative estimate of drug-likeness (QED) is 0.826. The third-order valence-electron chi connectivity index (χ3n) is 4.78. The highest BCUT2D eigenvalue weighted by atomic mass is 32.2. The fraction of sp³-hybridized carbons (Fsp3) is 0.579. The number of ether oxygens (including phenoxy) is 1. The van der Waals surface area contributed by atoms with E-state index in [0.717, 1.165) is 43.1 Å². The first-order valence-corrected chi connectivity index (χ1v) is 10.2. The van der Waals surface area contributed by atoms with Crippen molar-refractivity contribution in [2.75, 3.05) is 44.7 Å². The van der Waals surface area contributed by atoms with Crippen molar-refractivity contribution in [2.45, 2.75) is 37.0 Å². The van der Waals surface area contributed by atoms with Crippen molar-refractivity contribution in [1.29, 1.82) is 0 Å². The molecule has 1 N–H and O–H groups in total. The SMILES string of the molecule is CCCCN(CC)C(=O)c1ccc2c(c1)NC(=O)C(N1CCOCC1)S2. The Labute approximate surface area is 159 Å². The first kappa shape index (κ1) is 19.2. The molecule has 26 heavy (non-hydrogen) atoms. The molecule has 1 aromatic carbocycles. The van der Waals surface area contributed by atoms with Crippen LogP contribution in [0.1, 0.15) is 37.0 Å². The van der Waals surface area contributed by atoms with E-state index in [4.69, 9.17) is 4.74 Å². The highest BCUT2D eigenvalue weighted by Crippen LogP contribution is 2.38. The molecule has 142 valence electrons. The van der Waals surface area contributed by atoms with Crippen LogP contribution >= 0.6 is 11.8 Å². The van der Waals surface area contributed by atoms with E-state index < -0.39 is 0 Å². The van der Waals surface area contributed by atoms with Crippen molar-refractivity contribution in [3.8, 4) is 0 Å². The number of nitrogens with zero attached hydrogens (tertiary/aromatic N) is 2. The molecule has 0 radical (unpaired) electrons. The fourth-order valence-corrected chi connectivity index (χ4v) is 4.37. The van der Waals surface area contributed by atoms with Crippen LogP contribution in [-0.4, -0.2) is 66.4 Å². The molecule has 2 aliphatic heterocycles. The molecule has 1 aromatic rings.